The van der Waals surface area contributed by atoms with E-state index in [1.54, 1.807) is 6.92 Å². The maximum Gasteiger partial charge on any atom is 0.239 e. The standard InChI is InChI=1S/C13H17FN2O3S/c1-13(6-7-20(18,19)9-13)16-12(17)8-15-11-4-2-10(14)3-5-11/h2-5,15H,6-9H2,1H3,(H,16,17). The second kappa shape index (κ2) is 5.40. The Morgan fingerprint density at radius 3 is 2.55 bits per heavy atom. The molecule has 7 heteroatoms. The molecule has 1 aromatic carbocycles. The summed E-state index contributed by atoms with van der Waals surface area (Å²) in [6.45, 7) is 1.74. The van der Waals surface area contributed by atoms with Crippen LogP contribution >= 0.6 is 0 Å². The number of benzene rings is 1. The first-order valence-electron chi connectivity index (χ1n) is 6.29. The van der Waals surface area contributed by atoms with Gasteiger partial charge >= 0.3 is 0 Å². The molecular formula is C13H17FN2O3S. The van der Waals surface area contributed by atoms with Crippen LogP contribution in [0.1, 0.15) is 13.3 Å². The molecule has 1 amide bonds. The summed E-state index contributed by atoms with van der Waals surface area (Å²) in [4.78, 5) is 11.8. The van der Waals surface area contributed by atoms with E-state index in [0.29, 0.717) is 12.1 Å². The topological polar surface area (TPSA) is 75.3 Å². The average molecular weight is 300 g/mol. The first kappa shape index (κ1) is 14.8. The van der Waals surface area contributed by atoms with Crippen LogP contribution in [0.4, 0.5) is 10.1 Å². The predicted molar refractivity (Wildman–Crippen MR) is 74.7 cm³/mol. The Balaban J connectivity index is 1.85. The molecule has 1 atom stereocenters. The monoisotopic (exact) mass is 300 g/mol. The van der Waals surface area contributed by atoms with Crippen molar-refractivity contribution in [1.82, 2.24) is 5.32 Å². The Bertz CT molecular complexity index is 601. The van der Waals surface area contributed by atoms with Crippen LogP contribution in [0, 0.1) is 5.82 Å². The first-order valence-corrected chi connectivity index (χ1v) is 8.11. The van der Waals surface area contributed by atoms with Crippen molar-refractivity contribution >= 4 is 21.4 Å². The average Bonchev–Trinajstić information content (AvgIpc) is 2.62. The van der Waals surface area contributed by atoms with Crippen LogP contribution in [0.25, 0.3) is 0 Å². The minimum Gasteiger partial charge on any atom is -0.376 e. The SMILES string of the molecule is CC1(NC(=O)CNc2ccc(F)cc2)CCS(=O)(=O)C1. The van der Waals surface area contributed by atoms with Gasteiger partial charge in [0.05, 0.1) is 23.6 Å². The molecule has 1 aliphatic rings. The molecule has 1 fully saturated rings. The first-order chi connectivity index (χ1) is 9.28. The summed E-state index contributed by atoms with van der Waals surface area (Å²) in [5, 5.41) is 5.59. The van der Waals surface area contributed by atoms with Gasteiger partial charge in [0.1, 0.15) is 5.82 Å². The zero-order chi connectivity index (χ0) is 14.8. The van der Waals surface area contributed by atoms with Crippen molar-refractivity contribution in [2.75, 3.05) is 23.4 Å². The highest BCUT2D eigenvalue weighted by molar-refractivity contribution is 7.91. The van der Waals surface area contributed by atoms with E-state index in [9.17, 15) is 17.6 Å². The summed E-state index contributed by atoms with van der Waals surface area (Å²) in [5.41, 5.74) is -0.0637. The fourth-order valence-corrected chi connectivity index (χ4v) is 4.33. The molecule has 1 heterocycles. The van der Waals surface area contributed by atoms with E-state index in [1.165, 1.54) is 24.3 Å². The van der Waals surface area contributed by atoms with Crippen molar-refractivity contribution in [3.05, 3.63) is 30.1 Å². The molecule has 1 aromatic rings. The summed E-state index contributed by atoms with van der Waals surface area (Å²) in [6.07, 6.45) is 0.428. The number of rotatable bonds is 4. The third-order valence-electron chi connectivity index (χ3n) is 3.24. The molecule has 0 bridgehead atoms. The normalized spacial score (nSPS) is 24.3. The van der Waals surface area contributed by atoms with Gasteiger partial charge in [-0.1, -0.05) is 0 Å². The molecule has 0 aromatic heterocycles. The minimum absolute atomic E-state index is 0.0151. The van der Waals surface area contributed by atoms with Gasteiger partial charge in [0.15, 0.2) is 9.84 Å². The van der Waals surface area contributed by atoms with Crippen LogP contribution in [-0.4, -0.2) is 37.9 Å². The number of hydrogen-bond donors (Lipinski definition) is 2. The quantitative estimate of drug-likeness (QED) is 0.867. The van der Waals surface area contributed by atoms with Gasteiger partial charge < -0.3 is 10.6 Å². The number of carbonyl (C=O) groups excluding carboxylic acids is 1. The third kappa shape index (κ3) is 3.93. The second-order valence-corrected chi connectivity index (χ2v) is 7.50. The van der Waals surface area contributed by atoms with Crippen LogP contribution in [0.3, 0.4) is 0 Å². The fourth-order valence-electron chi connectivity index (χ4n) is 2.24. The van der Waals surface area contributed by atoms with E-state index in [2.05, 4.69) is 10.6 Å². The molecule has 0 saturated carbocycles. The summed E-state index contributed by atoms with van der Waals surface area (Å²) < 4.78 is 35.6. The lowest BCUT2D eigenvalue weighted by molar-refractivity contribution is -0.120. The van der Waals surface area contributed by atoms with Gasteiger partial charge in [-0.2, -0.15) is 0 Å². The summed E-state index contributed by atoms with van der Waals surface area (Å²) in [5.74, 6) is -0.546. The van der Waals surface area contributed by atoms with E-state index in [0.717, 1.165) is 0 Å². The van der Waals surface area contributed by atoms with Gasteiger partial charge in [0.2, 0.25) is 5.91 Å². The van der Waals surface area contributed by atoms with Crippen molar-refractivity contribution in [3.8, 4) is 0 Å². The maximum atomic E-state index is 12.7. The molecule has 110 valence electrons. The van der Waals surface area contributed by atoms with Crippen molar-refractivity contribution < 1.29 is 17.6 Å². The fraction of sp³-hybridized carbons (Fsp3) is 0.462. The molecule has 0 aliphatic carbocycles. The van der Waals surface area contributed by atoms with Crippen LogP contribution < -0.4 is 10.6 Å². The van der Waals surface area contributed by atoms with Gasteiger partial charge in [0, 0.05) is 5.69 Å². The molecule has 0 radical (unpaired) electrons. The molecule has 1 aliphatic heterocycles. The Morgan fingerprint density at radius 2 is 2.00 bits per heavy atom. The van der Waals surface area contributed by atoms with Crippen LogP contribution in [0.15, 0.2) is 24.3 Å². The van der Waals surface area contributed by atoms with Gasteiger partial charge in [-0.3, -0.25) is 4.79 Å². The predicted octanol–water partition coefficient (Wildman–Crippen LogP) is 0.931. The van der Waals surface area contributed by atoms with Crippen molar-refractivity contribution in [1.29, 1.82) is 0 Å². The molecular weight excluding hydrogens is 283 g/mol. The summed E-state index contributed by atoms with van der Waals surface area (Å²) in [6, 6.07) is 5.66. The van der Waals surface area contributed by atoms with E-state index in [1.807, 2.05) is 0 Å². The van der Waals surface area contributed by atoms with Crippen LogP contribution in [-0.2, 0) is 14.6 Å². The lowest BCUT2D eigenvalue weighted by Gasteiger charge is -2.24. The molecule has 0 spiro atoms. The highest BCUT2D eigenvalue weighted by Gasteiger charge is 2.39. The van der Waals surface area contributed by atoms with Gasteiger partial charge in [-0.15, -0.1) is 0 Å². The van der Waals surface area contributed by atoms with Gasteiger partial charge in [0.25, 0.3) is 0 Å². The van der Waals surface area contributed by atoms with E-state index >= 15 is 0 Å². The molecule has 1 saturated heterocycles. The molecule has 2 rings (SSSR count). The number of nitrogens with one attached hydrogen (secondary N) is 2. The highest BCUT2D eigenvalue weighted by atomic mass is 32.2. The number of anilines is 1. The van der Waals surface area contributed by atoms with Crippen molar-refractivity contribution in [2.24, 2.45) is 0 Å². The molecule has 1 unspecified atom stereocenters. The Hall–Kier alpha value is -1.63. The Morgan fingerprint density at radius 1 is 1.35 bits per heavy atom. The zero-order valence-corrected chi connectivity index (χ0v) is 12.0. The number of carbonyl (C=O) groups is 1. The molecule has 5 nitrogen and oxygen atoms in total. The number of halogens is 1. The van der Waals surface area contributed by atoms with Crippen LogP contribution in [0.5, 0.6) is 0 Å². The van der Waals surface area contributed by atoms with Crippen molar-refractivity contribution in [3.63, 3.8) is 0 Å². The zero-order valence-electron chi connectivity index (χ0n) is 11.1. The third-order valence-corrected chi connectivity index (χ3v) is 5.14. The van der Waals surface area contributed by atoms with Gasteiger partial charge in [-0.25, -0.2) is 12.8 Å². The Labute approximate surface area is 117 Å². The van der Waals surface area contributed by atoms with Crippen molar-refractivity contribution in [2.45, 2.75) is 18.9 Å². The number of sulfone groups is 1. The van der Waals surface area contributed by atoms with E-state index < -0.39 is 15.4 Å². The maximum absolute atomic E-state index is 12.7. The molecule has 20 heavy (non-hydrogen) atoms. The van der Waals surface area contributed by atoms with E-state index in [-0.39, 0.29) is 29.8 Å². The van der Waals surface area contributed by atoms with Crippen LogP contribution in [0.2, 0.25) is 0 Å². The highest BCUT2D eigenvalue weighted by Crippen LogP contribution is 2.22. The summed E-state index contributed by atoms with van der Waals surface area (Å²) >= 11 is 0. The minimum atomic E-state index is -3.05. The lowest BCUT2D eigenvalue weighted by atomic mass is 10.0. The molecule has 2 N–H and O–H groups in total. The van der Waals surface area contributed by atoms with Gasteiger partial charge in [-0.05, 0) is 37.6 Å². The Kier molecular flexibility index (Phi) is 3.99. The summed E-state index contributed by atoms with van der Waals surface area (Å²) in [7, 11) is -3.05. The lowest BCUT2D eigenvalue weighted by Crippen LogP contribution is -2.48. The number of amides is 1. The largest absolute Gasteiger partial charge is 0.376 e. The second-order valence-electron chi connectivity index (χ2n) is 5.31. The smallest absolute Gasteiger partial charge is 0.239 e. The van der Waals surface area contributed by atoms with E-state index in [4.69, 9.17) is 0 Å². The number of hydrogen-bond acceptors (Lipinski definition) is 4.